The van der Waals surface area contributed by atoms with Crippen LogP contribution in [0.25, 0.3) is 0 Å². The van der Waals surface area contributed by atoms with Crippen LogP contribution in [0, 0.1) is 5.92 Å². The van der Waals surface area contributed by atoms with Crippen LogP contribution in [-0.2, 0) is 12.8 Å². The molecule has 2 aliphatic rings. The molecule has 5 heteroatoms. The second-order valence-corrected chi connectivity index (χ2v) is 6.48. The Hall–Kier alpha value is -1.78. The molecule has 0 aromatic carbocycles. The molecule has 1 aliphatic carbocycles. The molecule has 1 aromatic rings. The average Bonchev–Trinajstić information content (AvgIpc) is 2.92. The number of amidine groups is 1. The van der Waals surface area contributed by atoms with E-state index in [0.29, 0.717) is 6.04 Å². The van der Waals surface area contributed by atoms with Gasteiger partial charge in [0.15, 0.2) is 5.84 Å². The van der Waals surface area contributed by atoms with Crippen LogP contribution in [0.15, 0.2) is 11.2 Å². The molecule has 3 N–H and O–H groups in total. The van der Waals surface area contributed by atoms with Gasteiger partial charge in [-0.2, -0.15) is 0 Å². The summed E-state index contributed by atoms with van der Waals surface area (Å²) in [6, 6.07) is 2.51. The van der Waals surface area contributed by atoms with Crippen LogP contribution in [0.2, 0.25) is 0 Å². The molecule has 0 spiro atoms. The molecule has 3 rings (SSSR count). The van der Waals surface area contributed by atoms with Gasteiger partial charge in [-0.1, -0.05) is 12.1 Å². The molecule has 1 fully saturated rings. The predicted octanol–water partition coefficient (Wildman–Crippen LogP) is 2.29. The normalized spacial score (nSPS) is 26.0. The maximum absolute atomic E-state index is 9.08. The van der Waals surface area contributed by atoms with E-state index in [1.54, 1.807) is 0 Å². The number of piperidine rings is 1. The highest BCUT2D eigenvalue weighted by Crippen LogP contribution is 2.32. The molecule has 2 heterocycles. The van der Waals surface area contributed by atoms with Crippen molar-refractivity contribution >= 4 is 11.7 Å². The number of hydrogen-bond acceptors (Lipinski definition) is 4. The van der Waals surface area contributed by atoms with Crippen molar-refractivity contribution in [3.8, 4) is 0 Å². The van der Waals surface area contributed by atoms with Crippen LogP contribution in [0.1, 0.15) is 49.9 Å². The Kier molecular flexibility index (Phi) is 3.74. The van der Waals surface area contributed by atoms with Crippen LogP contribution in [0.3, 0.4) is 0 Å². The molecule has 114 valence electrons. The van der Waals surface area contributed by atoms with Crippen LogP contribution in [-0.4, -0.2) is 28.6 Å². The monoisotopic (exact) mass is 288 g/mol. The van der Waals surface area contributed by atoms with E-state index in [4.69, 9.17) is 15.9 Å². The van der Waals surface area contributed by atoms with E-state index in [9.17, 15) is 0 Å². The summed E-state index contributed by atoms with van der Waals surface area (Å²) in [5.41, 5.74) is 9.11. The van der Waals surface area contributed by atoms with E-state index in [1.165, 1.54) is 17.7 Å². The number of rotatable bonds is 2. The van der Waals surface area contributed by atoms with E-state index in [1.807, 2.05) is 0 Å². The summed E-state index contributed by atoms with van der Waals surface area (Å²) >= 11 is 0. The lowest BCUT2D eigenvalue weighted by molar-refractivity contribution is 0.318. The summed E-state index contributed by atoms with van der Waals surface area (Å²) in [6.07, 6.45) is 5.55. The van der Waals surface area contributed by atoms with Crippen molar-refractivity contribution in [3.05, 3.63) is 22.9 Å². The summed E-state index contributed by atoms with van der Waals surface area (Å²) in [4.78, 5) is 7.20. The molecule has 0 radical (unpaired) electrons. The van der Waals surface area contributed by atoms with Gasteiger partial charge >= 0.3 is 0 Å². The fourth-order valence-corrected chi connectivity index (χ4v) is 3.64. The molecule has 5 nitrogen and oxygen atoms in total. The van der Waals surface area contributed by atoms with E-state index in [2.05, 4.69) is 30.0 Å². The summed E-state index contributed by atoms with van der Waals surface area (Å²) in [7, 11) is 0. The van der Waals surface area contributed by atoms with Gasteiger partial charge in [0, 0.05) is 18.3 Å². The standard InChI is InChI=1S/C16H24N4O/c1-10-6-7-20(11(2)8-10)16-13(15(17)19-21)9-12-4-3-5-14(12)18-16/h9-11,21H,3-8H2,1-2H3,(H2,17,19). The Labute approximate surface area is 125 Å². The maximum atomic E-state index is 9.08. The number of fused-ring (bicyclic) bond motifs is 1. The second-order valence-electron chi connectivity index (χ2n) is 6.48. The average molecular weight is 288 g/mol. The molecular formula is C16H24N4O. The zero-order valence-corrected chi connectivity index (χ0v) is 12.8. The Morgan fingerprint density at radius 1 is 1.43 bits per heavy atom. The summed E-state index contributed by atoms with van der Waals surface area (Å²) in [5.74, 6) is 1.81. The largest absolute Gasteiger partial charge is 0.409 e. The smallest absolute Gasteiger partial charge is 0.173 e. The van der Waals surface area contributed by atoms with Crippen molar-refractivity contribution in [2.75, 3.05) is 11.4 Å². The Morgan fingerprint density at radius 2 is 2.24 bits per heavy atom. The van der Waals surface area contributed by atoms with Crippen molar-refractivity contribution in [3.63, 3.8) is 0 Å². The van der Waals surface area contributed by atoms with Crippen molar-refractivity contribution < 1.29 is 5.21 Å². The lowest BCUT2D eigenvalue weighted by Crippen LogP contribution is -2.42. The highest BCUT2D eigenvalue weighted by molar-refractivity contribution is 6.01. The zero-order chi connectivity index (χ0) is 15.0. The maximum Gasteiger partial charge on any atom is 0.173 e. The molecule has 0 bridgehead atoms. The summed E-state index contributed by atoms with van der Waals surface area (Å²) < 4.78 is 0. The summed E-state index contributed by atoms with van der Waals surface area (Å²) in [5, 5.41) is 12.3. The van der Waals surface area contributed by atoms with Gasteiger partial charge in [0.25, 0.3) is 0 Å². The molecule has 1 saturated heterocycles. The topological polar surface area (TPSA) is 74.7 Å². The third-order valence-corrected chi connectivity index (χ3v) is 4.82. The number of nitrogens with zero attached hydrogens (tertiary/aromatic N) is 3. The molecule has 2 unspecified atom stereocenters. The van der Waals surface area contributed by atoms with Gasteiger partial charge in [-0.15, -0.1) is 0 Å². The predicted molar refractivity (Wildman–Crippen MR) is 84.0 cm³/mol. The minimum atomic E-state index is 0.165. The quantitative estimate of drug-likeness (QED) is 0.379. The van der Waals surface area contributed by atoms with Crippen molar-refractivity contribution in [1.29, 1.82) is 0 Å². The molecule has 0 amide bonds. The van der Waals surface area contributed by atoms with E-state index < -0.39 is 0 Å². The van der Waals surface area contributed by atoms with E-state index in [-0.39, 0.29) is 5.84 Å². The van der Waals surface area contributed by atoms with Crippen LogP contribution >= 0.6 is 0 Å². The first-order chi connectivity index (χ1) is 10.1. The third-order valence-electron chi connectivity index (χ3n) is 4.82. The van der Waals surface area contributed by atoms with Gasteiger partial charge in [-0.25, -0.2) is 4.98 Å². The van der Waals surface area contributed by atoms with Gasteiger partial charge in [0.05, 0.1) is 5.56 Å². The van der Waals surface area contributed by atoms with E-state index >= 15 is 0 Å². The Balaban J connectivity index is 2.04. The van der Waals surface area contributed by atoms with Crippen LogP contribution in [0.4, 0.5) is 5.82 Å². The number of anilines is 1. The number of hydrogen-bond donors (Lipinski definition) is 2. The van der Waals surface area contributed by atoms with Gasteiger partial charge < -0.3 is 15.8 Å². The number of aromatic nitrogens is 1. The highest BCUT2D eigenvalue weighted by Gasteiger charge is 2.28. The van der Waals surface area contributed by atoms with Crippen molar-refractivity contribution in [2.24, 2.45) is 16.8 Å². The SMILES string of the molecule is CC1CCN(c2nc3c(cc2C(N)=NO)CCC3)C(C)C1. The first-order valence-corrected chi connectivity index (χ1v) is 7.87. The number of aryl methyl sites for hydroxylation is 2. The lowest BCUT2D eigenvalue weighted by atomic mass is 9.93. The fraction of sp³-hybridized carbons (Fsp3) is 0.625. The Morgan fingerprint density at radius 3 is 2.95 bits per heavy atom. The van der Waals surface area contributed by atoms with Crippen molar-refractivity contribution in [2.45, 2.75) is 52.0 Å². The Bertz CT molecular complexity index is 570. The molecule has 0 saturated carbocycles. The first kappa shape index (κ1) is 14.2. The third kappa shape index (κ3) is 2.57. The van der Waals surface area contributed by atoms with Gasteiger partial charge in [0.1, 0.15) is 5.82 Å². The zero-order valence-electron chi connectivity index (χ0n) is 12.8. The molecule has 1 aliphatic heterocycles. The van der Waals surface area contributed by atoms with Crippen LogP contribution in [0.5, 0.6) is 0 Å². The van der Waals surface area contributed by atoms with Gasteiger partial charge in [-0.05, 0) is 56.6 Å². The minimum absolute atomic E-state index is 0.165. The minimum Gasteiger partial charge on any atom is -0.409 e. The molecular weight excluding hydrogens is 264 g/mol. The van der Waals surface area contributed by atoms with E-state index in [0.717, 1.165) is 49.5 Å². The number of oxime groups is 1. The molecule has 1 aromatic heterocycles. The second kappa shape index (κ2) is 5.54. The summed E-state index contributed by atoms with van der Waals surface area (Å²) in [6.45, 7) is 5.52. The van der Waals surface area contributed by atoms with Gasteiger partial charge in [-0.3, -0.25) is 0 Å². The van der Waals surface area contributed by atoms with Gasteiger partial charge in [0.2, 0.25) is 0 Å². The first-order valence-electron chi connectivity index (χ1n) is 7.87. The number of pyridine rings is 1. The molecule has 21 heavy (non-hydrogen) atoms. The fourth-order valence-electron chi connectivity index (χ4n) is 3.64. The van der Waals surface area contributed by atoms with Crippen molar-refractivity contribution in [1.82, 2.24) is 4.98 Å². The molecule has 2 atom stereocenters. The van der Waals surface area contributed by atoms with Crippen LogP contribution < -0.4 is 10.6 Å². The highest BCUT2D eigenvalue weighted by atomic mass is 16.4. The number of nitrogens with two attached hydrogens (primary N) is 1. The lowest BCUT2D eigenvalue weighted by Gasteiger charge is -2.38.